The molecule has 0 radical (unpaired) electrons. The highest BCUT2D eigenvalue weighted by atomic mass is 32.2. The summed E-state index contributed by atoms with van der Waals surface area (Å²) in [6.45, 7) is 4.46. The first-order valence-electron chi connectivity index (χ1n) is 13.7. The van der Waals surface area contributed by atoms with Gasteiger partial charge in [-0.1, -0.05) is 5.21 Å². The summed E-state index contributed by atoms with van der Waals surface area (Å²) in [4.78, 5) is 13.4. The van der Waals surface area contributed by atoms with Crippen LogP contribution in [0.5, 0.6) is 0 Å². The lowest BCUT2D eigenvalue weighted by Gasteiger charge is -2.31. The molecule has 39 heavy (non-hydrogen) atoms. The molecule has 2 N–H and O–H groups in total. The van der Waals surface area contributed by atoms with Gasteiger partial charge >= 0.3 is 0 Å². The molecule has 0 amide bonds. The van der Waals surface area contributed by atoms with Gasteiger partial charge in [-0.05, 0) is 75.2 Å². The lowest BCUT2D eigenvalue weighted by Crippen LogP contribution is -2.40. The number of anilines is 3. The summed E-state index contributed by atoms with van der Waals surface area (Å²) in [7, 11) is 0. The van der Waals surface area contributed by atoms with Crippen LogP contribution in [0, 0.1) is 6.92 Å². The van der Waals surface area contributed by atoms with Crippen LogP contribution >= 0.6 is 11.9 Å². The van der Waals surface area contributed by atoms with Gasteiger partial charge in [-0.15, -0.1) is 5.10 Å². The largest absolute Gasteiger partial charge is 0.395 e. The van der Waals surface area contributed by atoms with Gasteiger partial charge in [-0.3, -0.25) is 0 Å². The Morgan fingerprint density at radius 1 is 0.923 bits per heavy atom. The molecule has 6 rings (SSSR count). The average Bonchev–Trinajstić information content (AvgIpc) is 3.57. The highest BCUT2D eigenvalue weighted by Crippen LogP contribution is 2.48. The number of aryl methyl sites for hydroxylation is 1. The summed E-state index contributed by atoms with van der Waals surface area (Å²) in [6, 6.07) is 8.08. The molecule has 3 aliphatic rings. The predicted octanol–water partition coefficient (Wildman–Crippen LogP) is 4.84. The molecule has 1 saturated carbocycles. The molecule has 2 aromatic heterocycles. The highest BCUT2D eigenvalue weighted by molar-refractivity contribution is 8.02. The van der Waals surface area contributed by atoms with E-state index >= 15 is 0 Å². The van der Waals surface area contributed by atoms with Crippen LogP contribution in [0.1, 0.15) is 50.6 Å². The molecule has 12 heteroatoms. The lowest BCUT2D eigenvalue weighted by molar-refractivity contribution is -0.0222. The van der Waals surface area contributed by atoms with E-state index in [4.69, 9.17) is 0 Å². The van der Waals surface area contributed by atoms with E-state index in [1.165, 1.54) is 6.42 Å². The number of nitrogens with one attached hydrogen (secondary N) is 1. The Hall–Kier alpha value is -2.99. The minimum absolute atomic E-state index is 0.0612. The number of rotatable bonds is 8. The fourth-order valence-corrected chi connectivity index (χ4v) is 5.96. The van der Waals surface area contributed by atoms with Crippen molar-refractivity contribution in [3.8, 4) is 17.1 Å². The summed E-state index contributed by atoms with van der Waals surface area (Å²) in [5.74, 6) is -2.17. The average molecular weight is 557 g/mol. The molecule has 0 bridgehead atoms. The molecule has 0 atom stereocenters. The standard InChI is InChI=1S/C27H34F2N8OS/c1-19-15-21(31-25(30-19)36-13-9-27(28,29)10-14-36)22-17-37(34-32-22)23-6-5-20(33-39-26(18-38)7-8-26)16-24(23)35-11-3-2-4-12-35/h5-6,15-17,33,38H,2-4,7-14,18H2,1H3. The van der Waals surface area contributed by atoms with Crippen molar-refractivity contribution in [1.29, 1.82) is 0 Å². The third kappa shape index (κ3) is 5.81. The number of halogens is 2. The maximum atomic E-state index is 13.7. The maximum absolute atomic E-state index is 13.7. The van der Waals surface area contributed by atoms with Crippen LogP contribution in [0.15, 0.2) is 30.5 Å². The Morgan fingerprint density at radius 3 is 2.41 bits per heavy atom. The molecule has 208 valence electrons. The Labute approximate surface area is 231 Å². The molecule has 2 aliphatic heterocycles. The summed E-state index contributed by atoms with van der Waals surface area (Å²) < 4.78 is 32.5. The van der Waals surface area contributed by atoms with Crippen molar-refractivity contribution in [2.45, 2.75) is 62.5 Å². The van der Waals surface area contributed by atoms with Crippen molar-refractivity contribution in [3.63, 3.8) is 0 Å². The Balaban J connectivity index is 1.27. The number of aromatic nitrogens is 5. The van der Waals surface area contributed by atoms with Crippen molar-refractivity contribution in [2.75, 3.05) is 47.3 Å². The monoisotopic (exact) mass is 556 g/mol. The van der Waals surface area contributed by atoms with Crippen LogP contribution in [0.2, 0.25) is 0 Å². The number of alkyl halides is 2. The fourth-order valence-electron chi connectivity index (χ4n) is 5.13. The molecule has 0 unspecified atom stereocenters. The summed E-state index contributed by atoms with van der Waals surface area (Å²) in [5, 5.41) is 18.6. The fraction of sp³-hybridized carbons (Fsp3) is 0.556. The van der Waals surface area contributed by atoms with E-state index in [9.17, 15) is 13.9 Å². The molecular weight excluding hydrogens is 522 g/mol. The van der Waals surface area contributed by atoms with Gasteiger partial charge in [-0.25, -0.2) is 23.4 Å². The van der Waals surface area contributed by atoms with E-state index < -0.39 is 5.92 Å². The molecule has 9 nitrogen and oxygen atoms in total. The van der Waals surface area contributed by atoms with Crippen LogP contribution in [0.4, 0.5) is 26.1 Å². The van der Waals surface area contributed by atoms with Crippen LogP contribution in [-0.2, 0) is 0 Å². The minimum Gasteiger partial charge on any atom is -0.395 e. The van der Waals surface area contributed by atoms with E-state index in [2.05, 4.69) is 36.0 Å². The van der Waals surface area contributed by atoms with E-state index in [1.807, 2.05) is 36.2 Å². The van der Waals surface area contributed by atoms with Crippen molar-refractivity contribution >= 4 is 29.3 Å². The number of aliphatic hydroxyl groups excluding tert-OH is 1. The first-order chi connectivity index (χ1) is 18.8. The molecule has 3 aromatic rings. The van der Waals surface area contributed by atoms with Crippen LogP contribution in [0.25, 0.3) is 17.1 Å². The van der Waals surface area contributed by atoms with Gasteiger partial charge in [0, 0.05) is 50.4 Å². The van der Waals surface area contributed by atoms with Gasteiger partial charge in [0.05, 0.1) is 34.6 Å². The van der Waals surface area contributed by atoms with Crippen LogP contribution < -0.4 is 14.5 Å². The number of benzene rings is 1. The molecule has 2 saturated heterocycles. The minimum atomic E-state index is -2.63. The van der Waals surface area contributed by atoms with Gasteiger partial charge in [0.15, 0.2) is 0 Å². The molecular formula is C27H34F2N8OS. The number of hydrogen-bond donors (Lipinski definition) is 2. The van der Waals surface area contributed by atoms with Crippen LogP contribution in [0.3, 0.4) is 0 Å². The normalized spacial score (nSPS) is 20.2. The summed E-state index contributed by atoms with van der Waals surface area (Å²) in [6.07, 6.45) is 7.05. The van der Waals surface area contributed by atoms with Gasteiger partial charge in [0.1, 0.15) is 5.69 Å². The van der Waals surface area contributed by atoms with Gasteiger partial charge in [-0.2, -0.15) is 0 Å². The zero-order valence-corrected chi connectivity index (χ0v) is 22.9. The zero-order valence-electron chi connectivity index (χ0n) is 22.1. The second-order valence-electron chi connectivity index (χ2n) is 10.9. The van der Waals surface area contributed by atoms with Crippen LogP contribution in [-0.4, -0.2) is 73.5 Å². The Morgan fingerprint density at radius 2 is 1.69 bits per heavy atom. The van der Waals surface area contributed by atoms with Crippen molar-refractivity contribution in [1.82, 2.24) is 25.0 Å². The third-order valence-corrected chi connectivity index (χ3v) is 9.08. The van der Waals surface area contributed by atoms with Crippen molar-refractivity contribution < 1.29 is 13.9 Å². The molecule has 0 spiro atoms. The maximum Gasteiger partial charge on any atom is 0.251 e. The second-order valence-corrected chi connectivity index (χ2v) is 12.2. The van der Waals surface area contributed by atoms with Crippen molar-refractivity contribution in [2.24, 2.45) is 0 Å². The van der Waals surface area contributed by atoms with Gasteiger partial charge in [0.2, 0.25) is 5.95 Å². The van der Waals surface area contributed by atoms with E-state index in [-0.39, 0.29) is 37.3 Å². The highest BCUT2D eigenvalue weighted by Gasteiger charge is 2.43. The predicted molar refractivity (Wildman–Crippen MR) is 150 cm³/mol. The summed E-state index contributed by atoms with van der Waals surface area (Å²) in [5.41, 5.74) is 4.98. The molecule has 1 aromatic carbocycles. The zero-order chi connectivity index (χ0) is 27.0. The second kappa shape index (κ2) is 10.5. The van der Waals surface area contributed by atoms with Gasteiger partial charge < -0.3 is 19.6 Å². The molecule has 1 aliphatic carbocycles. The van der Waals surface area contributed by atoms with E-state index in [0.717, 1.165) is 61.5 Å². The number of piperidine rings is 2. The Kier molecular flexibility index (Phi) is 7.09. The first kappa shape index (κ1) is 26.2. The topological polar surface area (TPSA) is 95.2 Å². The van der Waals surface area contributed by atoms with E-state index in [1.54, 1.807) is 16.6 Å². The smallest absolute Gasteiger partial charge is 0.251 e. The number of hydrogen-bond acceptors (Lipinski definition) is 9. The lowest BCUT2D eigenvalue weighted by atomic mass is 10.1. The number of aliphatic hydroxyl groups is 1. The first-order valence-corrected chi connectivity index (χ1v) is 14.5. The quantitative estimate of drug-likeness (QED) is 0.378. The molecule has 3 fully saturated rings. The van der Waals surface area contributed by atoms with E-state index in [0.29, 0.717) is 17.3 Å². The SMILES string of the molecule is Cc1cc(-c2cn(-c3ccc(NSC4(CO)CC4)cc3N3CCCCC3)nn2)nc(N2CCC(F)(F)CC2)n1. The number of nitrogens with zero attached hydrogens (tertiary/aromatic N) is 7. The summed E-state index contributed by atoms with van der Waals surface area (Å²) >= 11 is 1.60. The molecule has 4 heterocycles. The van der Waals surface area contributed by atoms with Gasteiger partial charge in [0.25, 0.3) is 5.92 Å². The van der Waals surface area contributed by atoms with Crippen molar-refractivity contribution in [3.05, 3.63) is 36.2 Å². The Bertz CT molecular complexity index is 1310. The third-order valence-electron chi connectivity index (χ3n) is 7.78.